The van der Waals surface area contributed by atoms with Crippen LogP contribution in [0.1, 0.15) is 47.2 Å². The molecule has 3 aromatic rings. The summed E-state index contributed by atoms with van der Waals surface area (Å²) in [4.78, 5) is 13.4. The highest BCUT2D eigenvalue weighted by Crippen LogP contribution is 2.27. The first-order valence-corrected chi connectivity index (χ1v) is 13.1. The summed E-state index contributed by atoms with van der Waals surface area (Å²) in [7, 11) is -2.34. The number of sulfonamides is 1. The zero-order valence-corrected chi connectivity index (χ0v) is 22.1. The summed E-state index contributed by atoms with van der Waals surface area (Å²) in [6.07, 6.45) is 0.659. The van der Waals surface area contributed by atoms with Gasteiger partial charge in [-0.3, -0.25) is 9.10 Å². The molecular weight excluding hydrogens is 460 g/mol. The second kappa shape index (κ2) is 11.0. The number of carbonyl (C=O) groups is 1. The van der Waals surface area contributed by atoms with Gasteiger partial charge < -0.3 is 10.1 Å². The van der Waals surface area contributed by atoms with Crippen LogP contribution in [0.25, 0.3) is 0 Å². The fraction of sp³-hybridized carbons (Fsp3) is 0.321. The van der Waals surface area contributed by atoms with Gasteiger partial charge in [0.2, 0.25) is 5.91 Å². The van der Waals surface area contributed by atoms with E-state index in [0.717, 1.165) is 33.6 Å². The Morgan fingerprint density at radius 3 is 2.17 bits per heavy atom. The van der Waals surface area contributed by atoms with Gasteiger partial charge >= 0.3 is 0 Å². The number of amides is 1. The third-order valence-corrected chi connectivity index (χ3v) is 8.03. The van der Waals surface area contributed by atoms with Crippen LogP contribution in [0.2, 0.25) is 0 Å². The predicted molar refractivity (Wildman–Crippen MR) is 141 cm³/mol. The van der Waals surface area contributed by atoms with Gasteiger partial charge in [-0.2, -0.15) is 0 Å². The van der Waals surface area contributed by atoms with Crippen molar-refractivity contribution in [1.82, 2.24) is 5.32 Å². The molecule has 0 fully saturated rings. The van der Waals surface area contributed by atoms with Crippen molar-refractivity contribution < 1.29 is 17.9 Å². The number of nitrogens with one attached hydrogen (secondary N) is 1. The highest BCUT2D eigenvalue weighted by atomic mass is 32.2. The molecule has 0 aliphatic heterocycles. The summed E-state index contributed by atoms with van der Waals surface area (Å²) in [5.74, 6) is 0.402. The Hall–Kier alpha value is -3.32. The maximum atomic E-state index is 13.6. The number of ether oxygens (including phenoxy) is 1. The van der Waals surface area contributed by atoms with Crippen LogP contribution in [-0.4, -0.2) is 28.0 Å². The van der Waals surface area contributed by atoms with Crippen LogP contribution >= 0.6 is 0 Å². The first kappa shape index (κ1) is 26.3. The van der Waals surface area contributed by atoms with E-state index in [1.165, 1.54) is 4.31 Å². The quantitative estimate of drug-likeness (QED) is 0.433. The third-order valence-electron chi connectivity index (χ3n) is 6.24. The fourth-order valence-corrected chi connectivity index (χ4v) is 5.36. The van der Waals surface area contributed by atoms with Crippen molar-refractivity contribution in [3.63, 3.8) is 0 Å². The van der Waals surface area contributed by atoms with Crippen molar-refractivity contribution in [2.45, 2.75) is 52.0 Å². The van der Waals surface area contributed by atoms with E-state index in [9.17, 15) is 13.2 Å². The molecule has 3 aromatic carbocycles. The Bertz CT molecular complexity index is 1300. The van der Waals surface area contributed by atoms with E-state index in [1.807, 2.05) is 58.9 Å². The second-order valence-corrected chi connectivity index (χ2v) is 10.7. The molecule has 1 N–H and O–H groups in total. The van der Waals surface area contributed by atoms with Gasteiger partial charge in [-0.1, -0.05) is 42.8 Å². The highest BCUT2D eigenvalue weighted by molar-refractivity contribution is 7.92. The third kappa shape index (κ3) is 6.03. The number of anilines is 1. The molecule has 6 nitrogen and oxygen atoms in total. The van der Waals surface area contributed by atoms with E-state index in [-0.39, 0.29) is 23.4 Å². The molecule has 186 valence electrons. The fourth-order valence-electron chi connectivity index (χ4n) is 3.94. The lowest BCUT2D eigenvalue weighted by Crippen LogP contribution is -2.42. The van der Waals surface area contributed by atoms with Crippen LogP contribution in [0.5, 0.6) is 5.75 Å². The molecule has 0 aromatic heterocycles. The van der Waals surface area contributed by atoms with Gasteiger partial charge in [-0.25, -0.2) is 8.42 Å². The molecule has 0 bridgehead atoms. The van der Waals surface area contributed by atoms with Crippen LogP contribution in [0.4, 0.5) is 5.69 Å². The topological polar surface area (TPSA) is 75.7 Å². The Morgan fingerprint density at radius 1 is 0.914 bits per heavy atom. The first-order valence-electron chi connectivity index (χ1n) is 11.7. The summed E-state index contributed by atoms with van der Waals surface area (Å²) in [6.45, 7) is 9.39. The number of methoxy groups -OCH3 is 1. The van der Waals surface area contributed by atoms with Crippen LogP contribution in [0.15, 0.2) is 65.6 Å². The Labute approximate surface area is 209 Å². The lowest BCUT2D eigenvalue weighted by molar-refractivity contribution is -0.120. The molecule has 1 amide bonds. The summed E-state index contributed by atoms with van der Waals surface area (Å²) in [5, 5.41) is 3.02. The average Bonchev–Trinajstić information content (AvgIpc) is 2.83. The van der Waals surface area contributed by atoms with Crippen molar-refractivity contribution in [3.05, 3.63) is 88.5 Å². The largest absolute Gasteiger partial charge is 0.496 e. The van der Waals surface area contributed by atoms with Crippen LogP contribution < -0.4 is 14.4 Å². The predicted octanol–water partition coefficient (Wildman–Crippen LogP) is 5.39. The normalized spacial score (nSPS) is 12.2. The maximum absolute atomic E-state index is 13.6. The zero-order chi connectivity index (χ0) is 25.8. The molecule has 0 aliphatic rings. The Balaban J connectivity index is 1.93. The number of benzene rings is 3. The Kier molecular flexibility index (Phi) is 8.22. The Morgan fingerprint density at radius 2 is 1.60 bits per heavy atom. The first-order chi connectivity index (χ1) is 16.6. The van der Waals surface area contributed by atoms with E-state index in [4.69, 9.17) is 4.74 Å². The molecule has 0 spiro atoms. The van der Waals surface area contributed by atoms with Gasteiger partial charge in [0.05, 0.1) is 23.7 Å². The van der Waals surface area contributed by atoms with E-state index in [0.29, 0.717) is 12.1 Å². The number of nitrogens with zero attached hydrogens (tertiary/aromatic N) is 1. The summed E-state index contributed by atoms with van der Waals surface area (Å²) < 4.78 is 33.8. The van der Waals surface area contributed by atoms with Gasteiger partial charge in [-0.15, -0.1) is 0 Å². The standard InChI is InChI=1S/C28H34N2O4S/c1-7-26(23-11-15-27(34-6)22(5)16-23)29-28(31)18-30(24-12-10-20(3)21(4)17-24)35(32,33)25-13-8-19(2)9-14-25/h8-17,26H,7,18H2,1-6H3,(H,29,31)/t26-/m1/s1. The molecule has 0 aliphatic carbocycles. The molecule has 0 unspecified atom stereocenters. The van der Waals surface area contributed by atoms with Crippen LogP contribution in [0, 0.1) is 27.7 Å². The molecule has 0 saturated heterocycles. The average molecular weight is 495 g/mol. The van der Waals surface area contributed by atoms with E-state index < -0.39 is 10.0 Å². The van der Waals surface area contributed by atoms with Gasteiger partial charge in [0.15, 0.2) is 0 Å². The molecule has 0 saturated carbocycles. The molecule has 3 rings (SSSR count). The number of hydrogen-bond acceptors (Lipinski definition) is 4. The molecule has 7 heteroatoms. The monoisotopic (exact) mass is 494 g/mol. The number of rotatable bonds is 9. The van der Waals surface area contributed by atoms with E-state index in [2.05, 4.69) is 5.32 Å². The van der Waals surface area contributed by atoms with E-state index >= 15 is 0 Å². The summed E-state index contributed by atoms with van der Waals surface area (Å²) in [5.41, 5.74) is 5.32. The van der Waals surface area contributed by atoms with E-state index in [1.54, 1.807) is 43.5 Å². The molecule has 1 atom stereocenters. The SMILES string of the molecule is CC[C@@H](NC(=O)CN(c1ccc(C)c(C)c1)S(=O)(=O)c1ccc(C)cc1)c1ccc(OC)c(C)c1. The van der Waals surface area contributed by atoms with Crippen molar-refractivity contribution in [2.75, 3.05) is 18.0 Å². The number of hydrogen-bond donors (Lipinski definition) is 1. The number of carbonyl (C=O) groups excluding carboxylic acids is 1. The lowest BCUT2D eigenvalue weighted by Gasteiger charge is -2.26. The van der Waals surface area contributed by atoms with Crippen LogP contribution in [-0.2, 0) is 14.8 Å². The maximum Gasteiger partial charge on any atom is 0.264 e. The van der Waals surface area contributed by atoms with Gasteiger partial charge in [-0.05, 0) is 86.7 Å². The van der Waals surface area contributed by atoms with Crippen molar-refractivity contribution in [2.24, 2.45) is 0 Å². The smallest absolute Gasteiger partial charge is 0.264 e. The summed E-state index contributed by atoms with van der Waals surface area (Å²) >= 11 is 0. The van der Waals surface area contributed by atoms with Crippen molar-refractivity contribution in [1.29, 1.82) is 0 Å². The highest BCUT2D eigenvalue weighted by Gasteiger charge is 2.28. The number of aryl methyl sites for hydroxylation is 4. The molecule has 35 heavy (non-hydrogen) atoms. The minimum atomic E-state index is -3.96. The molecule has 0 radical (unpaired) electrons. The van der Waals surface area contributed by atoms with Crippen molar-refractivity contribution >= 4 is 21.6 Å². The molecular formula is C28H34N2O4S. The second-order valence-electron chi connectivity index (χ2n) is 8.85. The lowest BCUT2D eigenvalue weighted by atomic mass is 10.0. The van der Waals surface area contributed by atoms with Crippen molar-refractivity contribution in [3.8, 4) is 5.75 Å². The van der Waals surface area contributed by atoms with Gasteiger partial charge in [0, 0.05) is 0 Å². The zero-order valence-electron chi connectivity index (χ0n) is 21.3. The van der Waals surface area contributed by atoms with Gasteiger partial charge in [0.1, 0.15) is 12.3 Å². The van der Waals surface area contributed by atoms with Crippen LogP contribution in [0.3, 0.4) is 0 Å². The minimum absolute atomic E-state index is 0.145. The minimum Gasteiger partial charge on any atom is -0.496 e. The molecule has 0 heterocycles. The summed E-state index contributed by atoms with van der Waals surface area (Å²) in [6, 6.07) is 17.6. The van der Waals surface area contributed by atoms with Gasteiger partial charge in [0.25, 0.3) is 10.0 Å².